The predicted octanol–water partition coefficient (Wildman–Crippen LogP) is 4.06. The molecular weight excluding hydrogens is 315 g/mol. The fourth-order valence-electron chi connectivity index (χ4n) is 1.35. The quantitative estimate of drug-likeness (QED) is 0.613. The SMILES string of the molecule is Cc1cc(C)c(OCOC(C)(C)C)c(I)c1. The van der Waals surface area contributed by atoms with Crippen molar-refractivity contribution in [2.75, 3.05) is 6.79 Å². The lowest BCUT2D eigenvalue weighted by molar-refractivity contribution is -0.0763. The van der Waals surface area contributed by atoms with Crippen LogP contribution in [0.4, 0.5) is 0 Å². The molecular formula is C13H19IO2. The monoisotopic (exact) mass is 334 g/mol. The lowest BCUT2D eigenvalue weighted by Gasteiger charge is -2.20. The smallest absolute Gasteiger partial charge is 0.189 e. The molecule has 16 heavy (non-hydrogen) atoms. The summed E-state index contributed by atoms with van der Waals surface area (Å²) in [6, 6.07) is 4.23. The third kappa shape index (κ3) is 4.29. The average Bonchev–Trinajstić information content (AvgIpc) is 2.07. The van der Waals surface area contributed by atoms with Gasteiger partial charge in [0.2, 0.25) is 0 Å². The third-order valence-corrected chi connectivity index (χ3v) is 2.87. The Hall–Kier alpha value is -0.290. The van der Waals surface area contributed by atoms with Crippen LogP contribution >= 0.6 is 22.6 Å². The van der Waals surface area contributed by atoms with Gasteiger partial charge in [0.25, 0.3) is 0 Å². The molecule has 0 saturated carbocycles. The molecule has 1 rings (SSSR count). The maximum Gasteiger partial charge on any atom is 0.189 e. The van der Waals surface area contributed by atoms with Crippen LogP contribution < -0.4 is 4.74 Å². The number of aryl methyl sites for hydroxylation is 2. The Bertz CT molecular complexity index is 344. The molecule has 1 aromatic carbocycles. The molecule has 3 heteroatoms. The van der Waals surface area contributed by atoms with Crippen molar-refractivity contribution in [1.29, 1.82) is 0 Å². The summed E-state index contributed by atoms with van der Waals surface area (Å²) in [7, 11) is 0. The zero-order valence-corrected chi connectivity index (χ0v) is 12.7. The molecule has 0 fully saturated rings. The van der Waals surface area contributed by atoms with E-state index < -0.39 is 0 Å². The van der Waals surface area contributed by atoms with E-state index in [0.717, 1.165) is 14.9 Å². The molecule has 1 aromatic rings. The number of benzene rings is 1. The van der Waals surface area contributed by atoms with Crippen LogP contribution in [0.1, 0.15) is 31.9 Å². The normalized spacial score (nSPS) is 11.6. The second-order valence-corrected chi connectivity index (χ2v) is 6.07. The van der Waals surface area contributed by atoms with Crippen LogP contribution in [-0.4, -0.2) is 12.4 Å². The minimum absolute atomic E-state index is 0.163. The molecule has 0 amide bonds. The highest BCUT2D eigenvalue weighted by atomic mass is 127. The van der Waals surface area contributed by atoms with Gasteiger partial charge in [-0.05, 0) is 74.4 Å². The van der Waals surface area contributed by atoms with Crippen LogP contribution in [0.15, 0.2) is 12.1 Å². The van der Waals surface area contributed by atoms with E-state index >= 15 is 0 Å². The van der Waals surface area contributed by atoms with E-state index in [1.54, 1.807) is 0 Å². The summed E-state index contributed by atoms with van der Waals surface area (Å²) < 4.78 is 12.3. The molecule has 0 aliphatic heterocycles. The molecule has 0 saturated heterocycles. The van der Waals surface area contributed by atoms with E-state index in [9.17, 15) is 0 Å². The first-order chi connectivity index (χ1) is 7.29. The summed E-state index contributed by atoms with van der Waals surface area (Å²) in [5.74, 6) is 0.926. The van der Waals surface area contributed by atoms with Gasteiger partial charge in [0.15, 0.2) is 6.79 Å². The fraction of sp³-hybridized carbons (Fsp3) is 0.538. The van der Waals surface area contributed by atoms with Crippen LogP contribution in [0.25, 0.3) is 0 Å². The Morgan fingerprint density at radius 3 is 2.31 bits per heavy atom. The van der Waals surface area contributed by atoms with E-state index in [1.807, 2.05) is 20.8 Å². The molecule has 0 bridgehead atoms. The van der Waals surface area contributed by atoms with Gasteiger partial charge in [-0.25, -0.2) is 0 Å². The van der Waals surface area contributed by atoms with Crippen molar-refractivity contribution < 1.29 is 9.47 Å². The van der Waals surface area contributed by atoms with Gasteiger partial charge in [0, 0.05) is 0 Å². The summed E-state index contributed by atoms with van der Waals surface area (Å²) in [5.41, 5.74) is 2.25. The standard InChI is InChI=1S/C13H19IO2/c1-9-6-10(2)12(11(14)7-9)15-8-16-13(3,4)5/h6-7H,8H2,1-5H3. The largest absolute Gasteiger partial charge is 0.466 e. The van der Waals surface area contributed by atoms with Gasteiger partial charge in [-0.2, -0.15) is 0 Å². The van der Waals surface area contributed by atoms with Gasteiger partial charge in [-0.15, -0.1) is 0 Å². The lowest BCUT2D eigenvalue weighted by atomic mass is 10.1. The highest BCUT2D eigenvalue weighted by Gasteiger charge is 2.11. The van der Waals surface area contributed by atoms with Gasteiger partial charge in [0.1, 0.15) is 5.75 Å². The molecule has 0 unspecified atom stereocenters. The number of rotatable bonds is 3. The Kier molecular flexibility index (Phi) is 4.62. The summed E-state index contributed by atoms with van der Waals surface area (Å²) in [6.07, 6.45) is 0. The van der Waals surface area contributed by atoms with Gasteiger partial charge < -0.3 is 9.47 Å². The molecule has 0 aromatic heterocycles. The summed E-state index contributed by atoms with van der Waals surface area (Å²) in [4.78, 5) is 0. The zero-order chi connectivity index (χ0) is 12.3. The lowest BCUT2D eigenvalue weighted by Crippen LogP contribution is -2.22. The van der Waals surface area contributed by atoms with Gasteiger partial charge in [-0.1, -0.05) is 6.07 Å². The van der Waals surface area contributed by atoms with Crippen LogP contribution in [0.5, 0.6) is 5.75 Å². The van der Waals surface area contributed by atoms with Crippen molar-refractivity contribution in [2.45, 2.75) is 40.2 Å². The van der Waals surface area contributed by atoms with E-state index in [1.165, 1.54) is 5.56 Å². The molecule has 0 aliphatic carbocycles. The van der Waals surface area contributed by atoms with E-state index in [4.69, 9.17) is 9.47 Å². The maximum absolute atomic E-state index is 5.67. The molecule has 0 spiro atoms. The molecule has 0 aliphatic rings. The van der Waals surface area contributed by atoms with Crippen molar-refractivity contribution in [3.8, 4) is 5.75 Å². The van der Waals surface area contributed by atoms with Crippen LogP contribution in [-0.2, 0) is 4.74 Å². The Labute approximate surface area is 111 Å². The van der Waals surface area contributed by atoms with Gasteiger partial charge >= 0.3 is 0 Å². The van der Waals surface area contributed by atoms with Crippen molar-refractivity contribution in [3.05, 3.63) is 26.8 Å². The molecule has 90 valence electrons. The van der Waals surface area contributed by atoms with Crippen molar-refractivity contribution in [2.24, 2.45) is 0 Å². The highest BCUT2D eigenvalue weighted by Crippen LogP contribution is 2.27. The Morgan fingerprint density at radius 2 is 1.81 bits per heavy atom. The van der Waals surface area contributed by atoms with Gasteiger partial charge in [-0.3, -0.25) is 0 Å². The van der Waals surface area contributed by atoms with Gasteiger partial charge in [0.05, 0.1) is 9.17 Å². The number of hydrogen-bond donors (Lipinski definition) is 0. The first kappa shape index (κ1) is 13.8. The summed E-state index contributed by atoms with van der Waals surface area (Å²) >= 11 is 2.29. The average molecular weight is 334 g/mol. The van der Waals surface area contributed by atoms with Crippen LogP contribution in [0.2, 0.25) is 0 Å². The Balaban J connectivity index is 2.68. The second kappa shape index (κ2) is 5.36. The van der Waals surface area contributed by atoms with Crippen molar-refractivity contribution >= 4 is 22.6 Å². The molecule has 0 atom stereocenters. The molecule has 0 radical (unpaired) electrons. The number of halogens is 1. The first-order valence-electron chi connectivity index (χ1n) is 5.33. The fourth-order valence-corrected chi connectivity index (χ4v) is 2.42. The molecule has 0 heterocycles. The first-order valence-corrected chi connectivity index (χ1v) is 6.41. The molecule has 0 N–H and O–H groups in total. The number of hydrogen-bond acceptors (Lipinski definition) is 2. The third-order valence-electron chi connectivity index (χ3n) is 2.07. The van der Waals surface area contributed by atoms with E-state index in [2.05, 4.69) is 48.6 Å². The molecule has 2 nitrogen and oxygen atoms in total. The van der Waals surface area contributed by atoms with Crippen LogP contribution in [0, 0.1) is 17.4 Å². The summed E-state index contributed by atoms with van der Waals surface area (Å²) in [6.45, 7) is 10.5. The minimum atomic E-state index is -0.163. The highest BCUT2D eigenvalue weighted by molar-refractivity contribution is 14.1. The van der Waals surface area contributed by atoms with Crippen molar-refractivity contribution in [3.63, 3.8) is 0 Å². The summed E-state index contributed by atoms with van der Waals surface area (Å²) in [5, 5.41) is 0. The van der Waals surface area contributed by atoms with E-state index in [0.29, 0.717) is 6.79 Å². The number of ether oxygens (including phenoxy) is 2. The topological polar surface area (TPSA) is 18.5 Å². The maximum atomic E-state index is 5.67. The van der Waals surface area contributed by atoms with E-state index in [-0.39, 0.29) is 5.60 Å². The van der Waals surface area contributed by atoms with Crippen LogP contribution in [0.3, 0.4) is 0 Å². The minimum Gasteiger partial charge on any atom is -0.466 e. The zero-order valence-electron chi connectivity index (χ0n) is 10.6. The second-order valence-electron chi connectivity index (χ2n) is 4.91. The predicted molar refractivity (Wildman–Crippen MR) is 75.0 cm³/mol. The van der Waals surface area contributed by atoms with Crippen molar-refractivity contribution in [1.82, 2.24) is 0 Å². The Morgan fingerprint density at radius 1 is 1.19 bits per heavy atom.